The van der Waals surface area contributed by atoms with E-state index in [-0.39, 0.29) is 5.91 Å². The van der Waals surface area contributed by atoms with Gasteiger partial charge in [0.05, 0.1) is 17.3 Å². The summed E-state index contributed by atoms with van der Waals surface area (Å²) in [6.45, 7) is 2.60. The van der Waals surface area contributed by atoms with E-state index in [9.17, 15) is 9.59 Å². The minimum absolute atomic E-state index is 0.277. The van der Waals surface area contributed by atoms with Crippen molar-refractivity contribution in [2.24, 2.45) is 5.73 Å². The van der Waals surface area contributed by atoms with Crippen molar-refractivity contribution in [2.75, 3.05) is 5.32 Å². The van der Waals surface area contributed by atoms with E-state index in [0.717, 1.165) is 52.8 Å². The lowest BCUT2D eigenvalue weighted by Gasteiger charge is -2.13. The van der Waals surface area contributed by atoms with Crippen molar-refractivity contribution in [3.05, 3.63) is 75.5 Å². The zero-order chi connectivity index (χ0) is 21.5. The molecule has 31 heavy (non-hydrogen) atoms. The summed E-state index contributed by atoms with van der Waals surface area (Å²) in [6.07, 6.45) is 5.50. The van der Waals surface area contributed by atoms with Crippen LogP contribution >= 0.6 is 11.3 Å². The van der Waals surface area contributed by atoms with Crippen LogP contribution in [0, 0.1) is 6.92 Å². The zero-order valence-corrected chi connectivity index (χ0v) is 18.1. The average Bonchev–Trinajstić information content (AvgIpc) is 3.43. The predicted molar refractivity (Wildman–Crippen MR) is 122 cm³/mol. The van der Waals surface area contributed by atoms with E-state index in [1.54, 1.807) is 12.3 Å². The number of furan rings is 1. The molecule has 0 fully saturated rings. The molecule has 1 aromatic carbocycles. The van der Waals surface area contributed by atoms with Gasteiger partial charge in [0.1, 0.15) is 10.7 Å². The largest absolute Gasteiger partial charge is 0.463 e. The number of aromatic nitrogens is 1. The van der Waals surface area contributed by atoms with E-state index in [4.69, 9.17) is 10.2 Å². The second kappa shape index (κ2) is 7.74. The van der Waals surface area contributed by atoms with Crippen LogP contribution in [-0.4, -0.2) is 16.4 Å². The van der Waals surface area contributed by atoms with Crippen molar-refractivity contribution in [1.82, 2.24) is 4.57 Å². The Kier molecular flexibility index (Phi) is 4.90. The Morgan fingerprint density at radius 3 is 2.81 bits per heavy atom. The summed E-state index contributed by atoms with van der Waals surface area (Å²) in [5, 5.41) is 3.52. The van der Waals surface area contributed by atoms with E-state index >= 15 is 0 Å². The fraction of sp³-hybridized carbons (Fsp3) is 0.250. The minimum Gasteiger partial charge on any atom is -0.463 e. The smallest absolute Gasteiger partial charge is 0.273 e. The number of amides is 2. The van der Waals surface area contributed by atoms with Crippen molar-refractivity contribution < 1.29 is 14.0 Å². The van der Waals surface area contributed by atoms with Gasteiger partial charge in [-0.15, -0.1) is 11.3 Å². The number of fused-ring (bicyclic) bond motifs is 2. The first-order valence-electron chi connectivity index (χ1n) is 10.4. The zero-order valence-electron chi connectivity index (χ0n) is 17.2. The number of nitrogens with one attached hydrogen (secondary N) is 1. The van der Waals surface area contributed by atoms with Crippen molar-refractivity contribution in [3.63, 3.8) is 0 Å². The maximum Gasteiger partial charge on any atom is 0.273 e. The molecule has 0 bridgehead atoms. The Hall–Kier alpha value is -3.32. The van der Waals surface area contributed by atoms with Crippen molar-refractivity contribution >= 4 is 39.3 Å². The highest BCUT2D eigenvalue weighted by molar-refractivity contribution is 7.17. The quantitative estimate of drug-likeness (QED) is 0.470. The molecule has 7 heteroatoms. The van der Waals surface area contributed by atoms with E-state index in [1.165, 1.54) is 11.3 Å². The lowest BCUT2D eigenvalue weighted by atomic mass is 9.95. The van der Waals surface area contributed by atoms with Crippen LogP contribution in [0.25, 0.3) is 11.1 Å². The molecule has 0 atom stereocenters. The van der Waals surface area contributed by atoms with Gasteiger partial charge in [0.2, 0.25) is 0 Å². The molecule has 1 aliphatic carbocycles. The number of carbonyl (C=O) groups excluding carboxylic acids is 2. The third kappa shape index (κ3) is 3.45. The van der Waals surface area contributed by atoms with Crippen LogP contribution in [0.1, 0.15) is 55.3 Å². The first-order valence-corrected chi connectivity index (χ1v) is 11.2. The average molecular weight is 434 g/mol. The molecule has 0 saturated carbocycles. The van der Waals surface area contributed by atoms with Crippen LogP contribution in [0.2, 0.25) is 0 Å². The van der Waals surface area contributed by atoms with Gasteiger partial charge in [-0.1, -0.05) is 24.3 Å². The molecule has 0 aliphatic heterocycles. The Bertz CT molecular complexity index is 1310. The number of primary amides is 1. The predicted octanol–water partition coefficient (Wildman–Crippen LogP) is 4.88. The molecule has 1 aliphatic rings. The number of anilines is 1. The van der Waals surface area contributed by atoms with Crippen LogP contribution < -0.4 is 11.1 Å². The van der Waals surface area contributed by atoms with Crippen LogP contribution in [0.5, 0.6) is 0 Å². The van der Waals surface area contributed by atoms with Crippen molar-refractivity contribution in [2.45, 2.75) is 39.2 Å². The first-order chi connectivity index (χ1) is 15.0. The second-order valence-electron chi connectivity index (χ2n) is 7.95. The number of aryl methyl sites for hydroxylation is 2. The molecule has 158 valence electrons. The molecule has 0 spiro atoms. The highest BCUT2D eigenvalue weighted by atomic mass is 32.1. The normalized spacial score (nSPS) is 13.3. The van der Waals surface area contributed by atoms with E-state index < -0.39 is 5.91 Å². The number of hydrogen-bond donors (Lipinski definition) is 2. The lowest BCUT2D eigenvalue weighted by molar-refractivity contribution is 0.100. The van der Waals surface area contributed by atoms with Crippen molar-refractivity contribution in [1.29, 1.82) is 0 Å². The third-order valence-corrected chi connectivity index (χ3v) is 7.20. The number of hydrogen-bond acceptors (Lipinski definition) is 4. The summed E-state index contributed by atoms with van der Waals surface area (Å²) in [5.74, 6) is -0.764. The Morgan fingerprint density at radius 2 is 2.00 bits per heavy atom. The van der Waals surface area contributed by atoms with Gasteiger partial charge < -0.3 is 20.0 Å². The van der Waals surface area contributed by atoms with Crippen LogP contribution in [0.15, 0.2) is 47.1 Å². The topological polar surface area (TPSA) is 90.3 Å². The van der Waals surface area contributed by atoms with E-state index in [2.05, 4.69) is 24.4 Å². The second-order valence-corrected chi connectivity index (χ2v) is 9.05. The van der Waals surface area contributed by atoms with Gasteiger partial charge in [-0.2, -0.15) is 0 Å². The number of benzene rings is 1. The maximum absolute atomic E-state index is 13.3. The fourth-order valence-corrected chi connectivity index (χ4v) is 5.66. The van der Waals surface area contributed by atoms with Gasteiger partial charge in [0.25, 0.3) is 11.8 Å². The molecule has 0 radical (unpaired) electrons. The van der Waals surface area contributed by atoms with Crippen LogP contribution in [0.3, 0.4) is 0 Å². The standard InChI is InChI=1S/C24H23N3O3S/c1-14-6-2-3-7-15(14)13-27-17-10-11-30-19(17)12-18(27)23(29)26-24-21(22(25)28)16-8-4-5-9-20(16)31-24/h2-3,6-7,10-12H,4-5,8-9,13H2,1H3,(H2,25,28)(H,26,29). The maximum atomic E-state index is 13.3. The monoisotopic (exact) mass is 433 g/mol. The molecular weight excluding hydrogens is 410 g/mol. The molecule has 3 N–H and O–H groups in total. The van der Waals surface area contributed by atoms with E-state index in [1.807, 2.05) is 22.8 Å². The summed E-state index contributed by atoms with van der Waals surface area (Å²) in [4.78, 5) is 26.7. The SMILES string of the molecule is Cc1ccccc1Cn1c(C(=O)Nc2sc3c(c2C(N)=O)CCCC3)cc2occc21. The summed E-state index contributed by atoms with van der Waals surface area (Å²) < 4.78 is 7.52. The molecule has 0 unspecified atom stereocenters. The molecule has 3 heterocycles. The molecule has 0 saturated heterocycles. The molecular formula is C24H23N3O3S. The minimum atomic E-state index is -0.487. The summed E-state index contributed by atoms with van der Waals surface area (Å²) >= 11 is 1.47. The molecule has 2 amide bonds. The van der Waals surface area contributed by atoms with Gasteiger partial charge in [0.15, 0.2) is 5.58 Å². The molecule has 4 aromatic rings. The summed E-state index contributed by atoms with van der Waals surface area (Å²) in [5.41, 5.74) is 11.4. The Labute approximate surface area is 183 Å². The van der Waals surface area contributed by atoms with Crippen molar-refractivity contribution in [3.8, 4) is 0 Å². The number of carbonyl (C=O) groups is 2. The molecule has 6 nitrogen and oxygen atoms in total. The molecule has 5 rings (SSSR count). The van der Waals surface area contributed by atoms with Crippen LogP contribution in [0.4, 0.5) is 5.00 Å². The summed E-state index contributed by atoms with van der Waals surface area (Å²) in [6, 6.07) is 11.7. The van der Waals surface area contributed by atoms with Gasteiger partial charge in [-0.25, -0.2) is 0 Å². The Morgan fingerprint density at radius 1 is 1.19 bits per heavy atom. The number of nitrogens with zero attached hydrogens (tertiary/aromatic N) is 1. The Balaban J connectivity index is 1.53. The van der Waals surface area contributed by atoms with Gasteiger partial charge in [-0.3, -0.25) is 9.59 Å². The molecule has 3 aromatic heterocycles. The highest BCUT2D eigenvalue weighted by Gasteiger charge is 2.26. The van der Waals surface area contributed by atoms with Gasteiger partial charge in [0, 0.05) is 23.6 Å². The van der Waals surface area contributed by atoms with Gasteiger partial charge >= 0.3 is 0 Å². The van der Waals surface area contributed by atoms with E-state index in [0.29, 0.717) is 28.4 Å². The fourth-order valence-electron chi connectivity index (χ4n) is 4.38. The number of rotatable bonds is 5. The van der Waals surface area contributed by atoms with Gasteiger partial charge in [-0.05, 0) is 49.3 Å². The summed E-state index contributed by atoms with van der Waals surface area (Å²) in [7, 11) is 0. The first kappa shape index (κ1) is 19.6. The lowest BCUT2D eigenvalue weighted by Crippen LogP contribution is -2.20. The highest BCUT2D eigenvalue weighted by Crippen LogP contribution is 2.38. The number of nitrogens with two attached hydrogens (primary N) is 1. The van der Waals surface area contributed by atoms with Crippen LogP contribution in [-0.2, 0) is 19.4 Å². The third-order valence-electron chi connectivity index (χ3n) is 5.99. The number of thiophene rings is 1.